The fourth-order valence-corrected chi connectivity index (χ4v) is 0.529. The van der Waals surface area contributed by atoms with Gasteiger partial charge in [0, 0.05) is 7.05 Å². The molecule has 4 nitrogen and oxygen atoms in total. The molecular weight excluding hydrogens is 177 g/mol. The van der Waals surface area contributed by atoms with Crippen molar-refractivity contribution in [2.24, 2.45) is 5.73 Å². The lowest BCUT2D eigenvalue weighted by atomic mass is 10.4. The zero-order valence-electron chi connectivity index (χ0n) is 6.18. The summed E-state index contributed by atoms with van der Waals surface area (Å²) >= 11 is 0. The molecule has 0 aromatic heterocycles. The van der Waals surface area contributed by atoms with E-state index in [9.17, 15) is 22.8 Å². The van der Waals surface area contributed by atoms with Crippen LogP contribution in [0.2, 0.25) is 0 Å². The minimum absolute atomic E-state index is 0.211. The van der Waals surface area contributed by atoms with Crippen molar-refractivity contribution in [3.8, 4) is 0 Å². The van der Waals surface area contributed by atoms with Gasteiger partial charge < -0.3 is 10.6 Å². The van der Waals surface area contributed by atoms with Crippen LogP contribution < -0.4 is 5.73 Å². The molecule has 0 aliphatic heterocycles. The second-order valence-electron chi connectivity index (χ2n) is 2.14. The normalized spacial score (nSPS) is 11.0. The average molecular weight is 184 g/mol. The Labute approximate surface area is 66.1 Å². The molecular formula is C5H7F3N2O2. The van der Waals surface area contributed by atoms with E-state index in [4.69, 9.17) is 0 Å². The Morgan fingerprint density at radius 3 is 2.08 bits per heavy atom. The molecule has 0 spiro atoms. The standard InChI is InChI=1S/C5H7F3N2O2/c1-10(2-5(6,7)8)4(12)3(9)11/h2H2,1H3,(H2,9,11). The van der Waals surface area contributed by atoms with Crippen molar-refractivity contribution in [2.75, 3.05) is 13.6 Å². The molecule has 0 unspecified atom stereocenters. The number of primary amides is 1. The van der Waals surface area contributed by atoms with Gasteiger partial charge >= 0.3 is 18.0 Å². The Hall–Kier alpha value is -1.27. The summed E-state index contributed by atoms with van der Waals surface area (Å²) in [6.07, 6.45) is -4.51. The number of carbonyl (C=O) groups is 2. The molecule has 0 saturated carbocycles. The fraction of sp³-hybridized carbons (Fsp3) is 0.600. The van der Waals surface area contributed by atoms with E-state index in [-0.39, 0.29) is 4.90 Å². The molecule has 2 amide bonds. The molecule has 0 aromatic carbocycles. The number of rotatable bonds is 1. The zero-order chi connectivity index (χ0) is 9.94. The molecule has 70 valence electrons. The quantitative estimate of drug-likeness (QED) is 0.558. The molecule has 7 heteroatoms. The second kappa shape index (κ2) is 3.42. The van der Waals surface area contributed by atoms with Crippen molar-refractivity contribution in [1.82, 2.24) is 4.90 Å². The van der Waals surface area contributed by atoms with Crippen LogP contribution in [0.15, 0.2) is 0 Å². The zero-order valence-corrected chi connectivity index (χ0v) is 6.18. The van der Waals surface area contributed by atoms with Crippen molar-refractivity contribution in [3.63, 3.8) is 0 Å². The minimum Gasteiger partial charge on any atom is -0.361 e. The Morgan fingerprint density at radius 2 is 1.83 bits per heavy atom. The van der Waals surface area contributed by atoms with Gasteiger partial charge in [-0.05, 0) is 0 Å². The Kier molecular flexibility index (Phi) is 3.06. The van der Waals surface area contributed by atoms with Gasteiger partial charge in [0.15, 0.2) is 0 Å². The maximum Gasteiger partial charge on any atom is 0.406 e. The van der Waals surface area contributed by atoms with Gasteiger partial charge in [0.2, 0.25) is 0 Å². The van der Waals surface area contributed by atoms with E-state index in [0.717, 1.165) is 7.05 Å². The van der Waals surface area contributed by atoms with Gasteiger partial charge in [-0.2, -0.15) is 13.2 Å². The first-order valence-electron chi connectivity index (χ1n) is 2.85. The largest absolute Gasteiger partial charge is 0.406 e. The van der Waals surface area contributed by atoms with E-state index in [0.29, 0.717) is 0 Å². The first-order valence-corrected chi connectivity index (χ1v) is 2.85. The second-order valence-corrected chi connectivity index (χ2v) is 2.14. The Bertz CT molecular complexity index is 201. The number of halogens is 3. The van der Waals surface area contributed by atoms with Crippen LogP contribution in [0.25, 0.3) is 0 Å². The first kappa shape index (κ1) is 10.7. The fourth-order valence-electron chi connectivity index (χ4n) is 0.529. The number of amides is 2. The van der Waals surface area contributed by atoms with E-state index in [1.165, 1.54) is 0 Å². The summed E-state index contributed by atoms with van der Waals surface area (Å²) in [5.41, 5.74) is 4.46. The number of alkyl halides is 3. The van der Waals surface area contributed by atoms with Gasteiger partial charge in [0.1, 0.15) is 6.54 Å². The number of nitrogens with two attached hydrogens (primary N) is 1. The molecule has 0 bridgehead atoms. The number of likely N-dealkylation sites (N-methyl/N-ethyl adjacent to an activating group) is 1. The third-order valence-electron chi connectivity index (χ3n) is 0.974. The van der Waals surface area contributed by atoms with Crippen LogP contribution >= 0.6 is 0 Å². The lowest BCUT2D eigenvalue weighted by Crippen LogP contribution is -2.42. The smallest absolute Gasteiger partial charge is 0.361 e. The van der Waals surface area contributed by atoms with E-state index in [1.807, 2.05) is 0 Å². The highest BCUT2D eigenvalue weighted by molar-refractivity contribution is 6.34. The molecule has 0 aromatic rings. The van der Waals surface area contributed by atoms with Gasteiger partial charge in [-0.3, -0.25) is 9.59 Å². The van der Waals surface area contributed by atoms with Crippen molar-refractivity contribution >= 4 is 11.8 Å². The molecule has 0 radical (unpaired) electrons. The van der Waals surface area contributed by atoms with E-state index >= 15 is 0 Å². The molecule has 0 heterocycles. The third-order valence-corrected chi connectivity index (χ3v) is 0.974. The number of hydrogen-bond acceptors (Lipinski definition) is 2. The average Bonchev–Trinajstić information content (AvgIpc) is 1.82. The predicted octanol–water partition coefficient (Wildman–Crippen LogP) is -0.508. The summed E-state index contributed by atoms with van der Waals surface area (Å²) in [4.78, 5) is 20.8. The van der Waals surface area contributed by atoms with Crippen LogP contribution in [0, 0.1) is 0 Å². The van der Waals surface area contributed by atoms with Crippen LogP contribution in [-0.4, -0.2) is 36.5 Å². The van der Waals surface area contributed by atoms with Gasteiger partial charge in [-0.15, -0.1) is 0 Å². The monoisotopic (exact) mass is 184 g/mol. The van der Waals surface area contributed by atoms with Crippen LogP contribution in [0.1, 0.15) is 0 Å². The highest BCUT2D eigenvalue weighted by Gasteiger charge is 2.32. The first-order chi connectivity index (χ1) is 5.24. The van der Waals surface area contributed by atoms with Gasteiger partial charge in [0.25, 0.3) is 0 Å². The molecule has 0 fully saturated rings. The summed E-state index contributed by atoms with van der Waals surface area (Å²) in [7, 11) is 0.848. The lowest BCUT2D eigenvalue weighted by Gasteiger charge is -2.16. The van der Waals surface area contributed by atoms with Crippen LogP contribution in [0.4, 0.5) is 13.2 Å². The van der Waals surface area contributed by atoms with Crippen LogP contribution in [0.5, 0.6) is 0 Å². The topological polar surface area (TPSA) is 63.4 Å². The predicted molar refractivity (Wildman–Crippen MR) is 32.9 cm³/mol. The van der Waals surface area contributed by atoms with Crippen molar-refractivity contribution in [3.05, 3.63) is 0 Å². The molecule has 0 saturated heterocycles. The van der Waals surface area contributed by atoms with E-state index in [1.54, 1.807) is 0 Å². The number of hydrogen-bond donors (Lipinski definition) is 1. The summed E-state index contributed by atoms with van der Waals surface area (Å²) in [5.74, 6) is -2.76. The molecule has 0 atom stereocenters. The number of nitrogens with zero attached hydrogens (tertiary/aromatic N) is 1. The van der Waals surface area contributed by atoms with Crippen LogP contribution in [-0.2, 0) is 9.59 Å². The van der Waals surface area contributed by atoms with Gasteiger partial charge in [-0.25, -0.2) is 0 Å². The van der Waals surface area contributed by atoms with Gasteiger partial charge in [0.05, 0.1) is 0 Å². The SMILES string of the molecule is CN(CC(F)(F)F)C(=O)C(N)=O. The summed E-state index contributed by atoms with van der Waals surface area (Å²) in [6, 6.07) is 0. The summed E-state index contributed by atoms with van der Waals surface area (Å²) < 4.78 is 34.8. The van der Waals surface area contributed by atoms with Crippen LogP contribution in [0.3, 0.4) is 0 Å². The molecule has 12 heavy (non-hydrogen) atoms. The van der Waals surface area contributed by atoms with Crippen molar-refractivity contribution < 1.29 is 22.8 Å². The summed E-state index contributed by atoms with van der Waals surface area (Å²) in [6.45, 7) is -1.48. The maximum atomic E-state index is 11.6. The van der Waals surface area contributed by atoms with E-state index < -0.39 is 24.5 Å². The van der Waals surface area contributed by atoms with Crippen molar-refractivity contribution in [2.45, 2.75) is 6.18 Å². The van der Waals surface area contributed by atoms with E-state index in [2.05, 4.69) is 5.73 Å². The maximum absolute atomic E-state index is 11.6. The highest BCUT2D eigenvalue weighted by Crippen LogP contribution is 2.15. The lowest BCUT2D eigenvalue weighted by molar-refractivity contribution is -0.161. The minimum atomic E-state index is -4.51. The van der Waals surface area contributed by atoms with Crippen molar-refractivity contribution in [1.29, 1.82) is 0 Å². The molecule has 0 rings (SSSR count). The summed E-state index contributed by atoms with van der Waals surface area (Å²) in [5, 5.41) is 0. The number of carbonyl (C=O) groups excluding carboxylic acids is 2. The Morgan fingerprint density at radius 1 is 1.42 bits per heavy atom. The van der Waals surface area contributed by atoms with Gasteiger partial charge in [-0.1, -0.05) is 0 Å². The Balaban J connectivity index is 4.14. The molecule has 2 N–H and O–H groups in total. The molecule has 0 aliphatic rings. The highest BCUT2D eigenvalue weighted by atomic mass is 19.4. The molecule has 0 aliphatic carbocycles. The third kappa shape index (κ3) is 3.79.